The van der Waals surface area contributed by atoms with Gasteiger partial charge >= 0.3 is 0 Å². The first kappa shape index (κ1) is 12.1. The normalized spacial score (nSPS) is 48.2. The zero-order valence-corrected chi connectivity index (χ0v) is 12.1. The standard InChI is InChI=1S/C17H25NO/c1-18-14(16-6-2-12(10-16)3-7-16)15(19)17-8-4-13(11-17)5-9-17/h12-13H,2-11H2,1H3. The summed E-state index contributed by atoms with van der Waals surface area (Å²) in [4.78, 5) is 17.8. The molecule has 0 unspecified atom stereocenters. The molecule has 2 nitrogen and oxygen atoms in total. The van der Waals surface area contributed by atoms with Gasteiger partial charge in [-0.2, -0.15) is 0 Å². The molecular weight excluding hydrogens is 234 g/mol. The number of aliphatic imine (C=N–C) groups is 1. The van der Waals surface area contributed by atoms with E-state index >= 15 is 0 Å². The second kappa shape index (κ2) is 3.93. The van der Waals surface area contributed by atoms with Crippen LogP contribution in [0.2, 0.25) is 0 Å². The number of hydrogen-bond donors (Lipinski definition) is 0. The van der Waals surface area contributed by atoms with Crippen molar-refractivity contribution in [3.8, 4) is 0 Å². The lowest BCUT2D eigenvalue weighted by Gasteiger charge is -2.33. The van der Waals surface area contributed by atoms with E-state index < -0.39 is 0 Å². The van der Waals surface area contributed by atoms with Crippen LogP contribution < -0.4 is 0 Å². The Balaban J connectivity index is 1.65. The Hall–Kier alpha value is -0.660. The summed E-state index contributed by atoms with van der Waals surface area (Å²) in [5.41, 5.74) is 1.23. The molecular formula is C17H25NO. The van der Waals surface area contributed by atoms with E-state index in [0.29, 0.717) is 5.78 Å². The van der Waals surface area contributed by atoms with Crippen LogP contribution in [0.1, 0.15) is 64.2 Å². The maximum atomic E-state index is 13.2. The Morgan fingerprint density at radius 3 is 1.74 bits per heavy atom. The molecule has 0 amide bonds. The molecule has 0 N–H and O–H groups in total. The minimum atomic E-state index is 0.0228. The summed E-state index contributed by atoms with van der Waals surface area (Å²) in [6, 6.07) is 0. The zero-order chi connectivity index (χ0) is 13.1. The molecule has 0 atom stereocenters. The summed E-state index contributed by atoms with van der Waals surface area (Å²) < 4.78 is 0. The number of Topliss-reactive ketones (excluding diaryl/α,β-unsaturated/α-hetero) is 1. The maximum absolute atomic E-state index is 13.2. The fraction of sp³-hybridized carbons (Fsp3) is 0.882. The molecule has 4 bridgehead atoms. The number of nitrogens with zero attached hydrogens (tertiary/aromatic N) is 1. The fourth-order valence-corrected chi connectivity index (χ4v) is 5.87. The van der Waals surface area contributed by atoms with Crippen molar-refractivity contribution in [2.75, 3.05) is 7.05 Å². The van der Waals surface area contributed by atoms with Gasteiger partial charge in [0.05, 0.1) is 5.71 Å². The van der Waals surface area contributed by atoms with E-state index in [1.807, 2.05) is 7.05 Å². The third-order valence-electron chi connectivity index (χ3n) is 6.91. The second-order valence-electron chi connectivity index (χ2n) is 7.76. The van der Waals surface area contributed by atoms with Gasteiger partial charge in [-0.1, -0.05) is 0 Å². The van der Waals surface area contributed by atoms with Gasteiger partial charge in [0.25, 0.3) is 0 Å². The average molecular weight is 259 g/mol. The number of ketones is 1. The number of hydrogen-bond acceptors (Lipinski definition) is 2. The first-order valence-electron chi connectivity index (χ1n) is 8.20. The summed E-state index contributed by atoms with van der Waals surface area (Å²) in [5.74, 6) is 2.21. The quantitative estimate of drug-likeness (QED) is 0.709. The predicted molar refractivity (Wildman–Crippen MR) is 76.4 cm³/mol. The third-order valence-corrected chi connectivity index (χ3v) is 6.91. The van der Waals surface area contributed by atoms with Crippen molar-refractivity contribution in [3.05, 3.63) is 0 Å². The highest BCUT2D eigenvalue weighted by Crippen LogP contribution is 2.59. The van der Waals surface area contributed by atoms with Crippen LogP contribution in [0.4, 0.5) is 0 Å². The third kappa shape index (κ3) is 1.55. The molecule has 0 saturated heterocycles. The minimum absolute atomic E-state index is 0.0228. The van der Waals surface area contributed by atoms with Crippen molar-refractivity contribution < 1.29 is 4.79 Å². The van der Waals surface area contributed by atoms with Gasteiger partial charge in [-0.3, -0.25) is 9.79 Å². The molecule has 0 aromatic heterocycles. The highest BCUT2D eigenvalue weighted by molar-refractivity contribution is 6.43. The molecule has 4 saturated carbocycles. The van der Waals surface area contributed by atoms with Gasteiger partial charge in [0.1, 0.15) is 0 Å². The largest absolute Gasteiger partial charge is 0.292 e. The first-order chi connectivity index (χ1) is 9.17. The van der Waals surface area contributed by atoms with E-state index in [1.54, 1.807) is 0 Å². The second-order valence-corrected chi connectivity index (χ2v) is 7.76. The lowest BCUT2D eigenvalue weighted by atomic mass is 9.70. The van der Waals surface area contributed by atoms with Crippen molar-refractivity contribution in [1.82, 2.24) is 0 Å². The summed E-state index contributed by atoms with van der Waals surface area (Å²) in [7, 11) is 1.87. The SMILES string of the molecule is CN=C(C(=O)C12CCC(CC1)C2)C12CCC(CC1)C2. The zero-order valence-electron chi connectivity index (χ0n) is 12.1. The van der Waals surface area contributed by atoms with E-state index in [-0.39, 0.29) is 10.8 Å². The van der Waals surface area contributed by atoms with Gasteiger partial charge in [0.2, 0.25) is 0 Å². The van der Waals surface area contributed by atoms with Crippen molar-refractivity contribution in [1.29, 1.82) is 0 Å². The highest BCUT2D eigenvalue weighted by atomic mass is 16.1. The number of fused-ring (bicyclic) bond motifs is 4. The molecule has 4 rings (SSSR count). The fourth-order valence-electron chi connectivity index (χ4n) is 5.87. The molecule has 0 aromatic rings. The maximum Gasteiger partial charge on any atom is 0.183 e. The van der Waals surface area contributed by atoms with Crippen molar-refractivity contribution in [2.24, 2.45) is 27.7 Å². The first-order valence-corrected chi connectivity index (χ1v) is 8.20. The molecule has 4 aliphatic carbocycles. The minimum Gasteiger partial charge on any atom is -0.292 e. The van der Waals surface area contributed by atoms with Crippen LogP contribution in [0.25, 0.3) is 0 Å². The van der Waals surface area contributed by atoms with Crippen LogP contribution in [0.5, 0.6) is 0 Å². The summed E-state index contributed by atoms with van der Waals surface area (Å²) in [5, 5.41) is 0. The Bertz CT molecular complexity index is 434. The summed E-state index contributed by atoms with van der Waals surface area (Å²) in [6.45, 7) is 0. The Morgan fingerprint density at radius 2 is 1.37 bits per heavy atom. The van der Waals surface area contributed by atoms with Crippen molar-refractivity contribution in [2.45, 2.75) is 64.2 Å². The summed E-state index contributed by atoms with van der Waals surface area (Å²) in [6.07, 6.45) is 12.4. The molecule has 104 valence electrons. The Labute approximate surface area is 116 Å². The van der Waals surface area contributed by atoms with Crippen LogP contribution in [0.15, 0.2) is 4.99 Å². The summed E-state index contributed by atoms with van der Waals surface area (Å²) >= 11 is 0. The lowest BCUT2D eigenvalue weighted by Crippen LogP contribution is -2.41. The molecule has 2 heteroatoms. The van der Waals surface area contributed by atoms with E-state index in [9.17, 15) is 4.79 Å². The molecule has 0 aliphatic heterocycles. The van der Waals surface area contributed by atoms with Crippen LogP contribution in [0.3, 0.4) is 0 Å². The molecule has 4 fully saturated rings. The van der Waals surface area contributed by atoms with E-state index in [4.69, 9.17) is 0 Å². The van der Waals surface area contributed by atoms with Gasteiger partial charge < -0.3 is 0 Å². The molecule has 0 radical (unpaired) electrons. The van der Waals surface area contributed by atoms with Crippen LogP contribution >= 0.6 is 0 Å². The average Bonchev–Trinajstić information content (AvgIpc) is 3.19. The van der Waals surface area contributed by atoms with Gasteiger partial charge in [-0.05, 0) is 76.0 Å². The lowest BCUT2D eigenvalue weighted by molar-refractivity contribution is -0.122. The van der Waals surface area contributed by atoms with Crippen LogP contribution in [-0.2, 0) is 4.79 Å². The van der Waals surface area contributed by atoms with Gasteiger partial charge in [0.15, 0.2) is 5.78 Å². The predicted octanol–water partition coefficient (Wildman–Crippen LogP) is 3.79. The topological polar surface area (TPSA) is 29.4 Å². The number of carbonyl (C=O) groups excluding carboxylic acids is 1. The van der Waals surface area contributed by atoms with Crippen molar-refractivity contribution in [3.63, 3.8) is 0 Å². The van der Waals surface area contributed by atoms with Gasteiger partial charge in [-0.25, -0.2) is 0 Å². The monoisotopic (exact) mass is 259 g/mol. The molecule has 19 heavy (non-hydrogen) atoms. The smallest absolute Gasteiger partial charge is 0.183 e. The van der Waals surface area contributed by atoms with Crippen molar-refractivity contribution >= 4 is 11.5 Å². The van der Waals surface area contributed by atoms with E-state index in [0.717, 1.165) is 30.4 Å². The van der Waals surface area contributed by atoms with Crippen LogP contribution in [0, 0.1) is 22.7 Å². The van der Waals surface area contributed by atoms with Gasteiger partial charge in [-0.15, -0.1) is 0 Å². The molecule has 0 heterocycles. The molecule has 4 aliphatic rings. The number of rotatable bonds is 3. The van der Waals surface area contributed by atoms with E-state index in [1.165, 1.54) is 51.4 Å². The number of carbonyl (C=O) groups is 1. The highest BCUT2D eigenvalue weighted by Gasteiger charge is 2.56. The molecule has 0 spiro atoms. The Morgan fingerprint density at radius 1 is 0.895 bits per heavy atom. The van der Waals surface area contributed by atoms with E-state index in [2.05, 4.69) is 4.99 Å². The molecule has 0 aromatic carbocycles. The van der Waals surface area contributed by atoms with Crippen LogP contribution in [-0.4, -0.2) is 18.5 Å². The van der Waals surface area contributed by atoms with Gasteiger partial charge in [0, 0.05) is 17.9 Å². The Kier molecular flexibility index (Phi) is 2.50.